The smallest absolute Gasteiger partial charge is 0.226 e. The van der Waals surface area contributed by atoms with E-state index in [0.29, 0.717) is 38.7 Å². The Kier molecular flexibility index (Phi) is 5.43. The van der Waals surface area contributed by atoms with Gasteiger partial charge < -0.3 is 14.4 Å². The van der Waals surface area contributed by atoms with Gasteiger partial charge in [0.2, 0.25) is 5.95 Å². The van der Waals surface area contributed by atoms with Crippen molar-refractivity contribution in [2.24, 2.45) is 7.05 Å². The lowest BCUT2D eigenvalue weighted by atomic mass is 9.96. The van der Waals surface area contributed by atoms with E-state index in [4.69, 9.17) is 21.6 Å². The molecule has 1 saturated heterocycles. The molecule has 2 aromatic carbocycles. The van der Waals surface area contributed by atoms with E-state index in [9.17, 15) is 9.59 Å². The zero-order valence-corrected chi connectivity index (χ0v) is 21.3. The van der Waals surface area contributed by atoms with Crippen molar-refractivity contribution >= 4 is 62.1 Å². The maximum absolute atomic E-state index is 13.4. The highest BCUT2D eigenvalue weighted by Crippen LogP contribution is 2.41. The number of carbonyl (C=O) groups is 2. The normalized spacial score (nSPS) is 17.3. The van der Waals surface area contributed by atoms with Crippen LogP contribution in [-0.4, -0.2) is 64.2 Å². The Morgan fingerprint density at radius 3 is 2.42 bits per heavy atom. The van der Waals surface area contributed by atoms with Gasteiger partial charge in [0.05, 0.1) is 28.7 Å². The number of piperazine rings is 1. The van der Waals surface area contributed by atoms with Crippen molar-refractivity contribution in [3.63, 3.8) is 0 Å². The predicted octanol–water partition coefficient (Wildman–Crippen LogP) is 4.29. The molecular formula is C28H26ClN5O2. The van der Waals surface area contributed by atoms with Crippen LogP contribution in [0.15, 0.2) is 42.6 Å². The Balaban J connectivity index is 1.64. The highest BCUT2D eigenvalue weighted by atomic mass is 35.5. The van der Waals surface area contributed by atoms with Crippen molar-refractivity contribution in [1.29, 1.82) is 0 Å². The fourth-order valence-electron chi connectivity index (χ4n) is 5.44. The second-order valence-corrected chi connectivity index (χ2v) is 10.2. The van der Waals surface area contributed by atoms with Crippen molar-refractivity contribution in [3.8, 4) is 0 Å². The largest absolute Gasteiger partial charge is 0.350 e. The van der Waals surface area contributed by atoms with Gasteiger partial charge in [-0.3, -0.25) is 9.59 Å². The van der Waals surface area contributed by atoms with Crippen molar-refractivity contribution in [2.45, 2.75) is 13.3 Å². The highest BCUT2D eigenvalue weighted by molar-refractivity contribution is 6.52. The molecule has 0 N–H and O–H groups in total. The molecule has 1 aliphatic carbocycles. The SMILES string of the molecule is Cc1cccc2c(C3=C(c4nc(N5CCN(C)CC5)nc5ccc(Cl)cc45)C(=O)CC3=O)cn(C)c12. The first-order chi connectivity index (χ1) is 17.3. The predicted molar refractivity (Wildman–Crippen MR) is 143 cm³/mol. The van der Waals surface area contributed by atoms with Crippen LogP contribution in [-0.2, 0) is 16.6 Å². The van der Waals surface area contributed by atoms with Gasteiger partial charge in [-0.25, -0.2) is 9.97 Å². The van der Waals surface area contributed by atoms with Gasteiger partial charge in [0.25, 0.3) is 0 Å². The third kappa shape index (κ3) is 3.62. The summed E-state index contributed by atoms with van der Waals surface area (Å²) < 4.78 is 2.02. The molecule has 0 radical (unpaired) electrons. The van der Waals surface area contributed by atoms with Crippen LogP contribution >= 0.6 is 11.6 Å². The number of para-hydroxylation sites is 1. The lowest BCUT2D eigenvalue weighted by Crippen LogP contribution is -2.45. The second kappa shape index (κ2) is 8.54. The summed E-state index contributed by atoms with van der Waals surface area (Å²) in [4.78, 5) is 41.0. The minimum absolute atomic E-state index is 0.164. The molecule has 182 valence electrons. The first kappa shape index (κ1) is 22.9. The molecule has 0 saturated carbocycles. The third-order valence-corrected chi connectivity index (χ3v) is 7.51. The zero-order valence-electron chi connectivity index (χ0n) is 20.5. The topological polar surface area (TPSA) is 71.3 Å². The first-order valence-electron chi connectivity index (χ1n) is 12.1. The van der Waals surface area contributed by atoms with Crippen LogP contribution in [0.5, 0.6) is 0 Å². The van der Waals surface area contributed by atoms with E-state index in [1.807, 2.05) is 49.0 Å². The molecule has 1 fully saturated rings. The summed E-state index contributed by atoms with van der Waals surface area (Å²) in [5, 5.41) is 2.15. The number of aromatic nitrogens is 3. The summed E-state index contributed by atoms with van der Waals surface area (Å²) in [5.74, 6) is 0.170. The van der Waals surface area contributed by atoms with Gasteiger partial charge in [-0.1, -0.05) is 29.8 Å². The van der Waals surface area contributed by atoms with Crippen LogP contribution in [0, 0.1) is 6.92 Å². The Morgan fingerprint density at radius 2 is 1.64 bits per heavy atom. The number of aryl methyl sites for hydroxylation is 2. The fraction of sp³-hybridized carbons (Fsp3) is 0.286. The number of halogens is 1. The zero-order chi connectivity index (χ0) is 25.1. The van der Waals surface area contributed by atoms with Gasteiger partial charge in [-0.05, 0) is 37.7 Å². The van der Waals surface area contributed by atoms with Crippen LogP contribution in [0.25, 0.3) is 33.0 Å². The van der Waals surface area contributed by atoms with Crippen LogP contribution in [0.4, 0.5) is 5.95 Å². The standard InChI is InChI=1S/C28H26ClN5O2/c1-16-5-4-6-18-20(15-33(3)27(16)18)24-22(35)14-23(36)25(24)26-19-13-17(29)7-8-21(19)30-28(31-26)34-11-9-32(2)10-12-34/h4-8,13,15H,9-12,14H2,1-3H3. The molecular weight excluding hydrogens is 474 g/mol. The number of hydrogen-bond donors (Lipinski definition) is 0. The Hall–Kier alpha value is -3.55. The molecule has 0 unspecified atom stereocenters. The Labute approximate surface area is 214 Å². The fourth-order valence-corrected chi connectivity index (χ4v) is 5.61. The number of Topliss-reactive ketones (excluding diaryl/α,β-unsaturated/α-hetero) is 2. The van der Waals surface area contributed by atoms with E-state index in [1.165, 1.54) is 0 Å². The maximum atomic E-state index is 13.4. The lowest BCUT2D eigenvalue weighted by Gasteiger charge is -2.32. The number of benzene rings is 2. The van der Waals surface area contributed by atoms with Crippen molar-refractivity contribution in [1.82, 2.24) is 19.4 Å². The van der Waals surface area contributed by atoms with Crippen LogP contribution in [0.2, 0.25) is 5.02 Å². The molecule has 1 aliphatic heterocycles. The molecule has 0 bridgehead atoms. The number of anilines is 1. The van der Waals surface area contributed by atoms with Crippen LogP contribution < -0.4 is 4.90 Å². The number of ketones is 2. The summed E-state index contributed by atoms with van der Waals surface area (Å²) in [5.41, 5.74) is 4.88. The van der Waals surface area contributed by atoms with Gasteiger partial charge in [0.1, 0.15) is 0 Å². The molecule has 4 aromatic rings. The summed E-state index contributed by atoms with van der Waals surface area (Å²) in [6.07, 6.45) is 1.78. The van der Waals surface area contributed by atoms with E-state index < -0.39 is 0 Å². The van der Waals surface area contributed by atoms with E-state index in [2.05, 4.69) is 16.8 Å². The molecule has 3 heterocycles. The number of carbonyl (C=O) groups excluding carboxylic acids is 2. The summed E-state index contributed by atoms with van der Waals surface area (Å²) >= 11 is 6.38. The molecule has 0 atom stereocenters. The van der Waals surface area contributed by atoms with Crippen LogP contribution in [0.3, 0.4) is 0 Å². The monoisotopic (exact) mass is 499 g/mol. The maximum Gasteiger partial charge on any atom is 0.226 e. The van der Waals surface area contributed by atoms with Gasteiger partial charge in [-0.15, -0.1) is 0 Å². The quantitative estimate of drug-likeness (QED) is 0.392. The van der Waals surface area contributed by atoms with Crippen LogP contribution in [0.1, 0.15) is 23.2 Å². The number of nitrogens with zero attached hydrogens (tertiary/aromatic N) is 5. The number of likely N-dealkylation sites (N-methyl/N-ethyl adjacent to an activating group) is 1. The third-order valence-electron chi connectivity index (χ3n) is 7.27. The lowest BCUT2D eigenvalue weighted by molar-refractivity contribution is -0.119. The number of rotatable bonds is 3. The molecule has 7 nitrogen and oxygen atoms in total. The minimum atomic E-state index is -0.219. The molecule has 0 spiro atoms. The molecule has 2 aliphatic rings. The number of fused-ring (bicyclic) bond motifs is 2. The highest BCUT2D eigenvalue weighted by Gasteiger charge is 2.36. The number of hydrogen-bond acceptors (Lipinski definition) is 6. The van der Waals surface area contributed by atoms with Crippen molar-refractivity contribution in [3.05, 3.63) is 64.4 Å². The average molecular weight is 500 g/mol. The van der Waals surface area contributed by atoms with E-state index >= 15 is 0 Å². The van der Waals surface area contributed by atoms with E-state index in [1.54, 1.807) is 12.1 Å². The Bertz CT molecular complexity index is 1610. The van der Waals surface area contributed by atoms with Gasteiger partial charge in [-0.2, -0.15) is 0 Å². The minimum Gasteiger partial charge on any atom is -0.350 e. The van der Waals surface area contributed by atoms with Crippen molar-refractivity contribution in [2.75, 3.05) is 38.1 Å². The van der Waals surface area contributed by atoms with Gasteiger partial charge in [0, 0.05) is 66.4 Å². The molecule has 0 amide bonds. The van der Waals surface area contributed by atoms with Gasteiger partial charge >= 0.3 is 0 Å². The van der Waals surface area contributed by atoms with E-state index in [0.717, 1.165) is 48.2 Å². The first-order valence-corrected chi connectivity index (χ1v) is 12.5. The second-order valence-electron chi connectivity index (χ2n) is 9.72. The van der Waals surface area contributed by atoms with E-state index in [-0.39, 0.29) is 18.0 Å². The molecule has 6 rings (SSSR count). The molecule has 2 aromatic heterocycles. The molecule has 8 heteroatoms. The van der Waals surface area contributed by atoms with Crippen molar-refractivity contribution < 1.29 is 9.59 Å². The summed E-state index contributed by atoms with van der Waals surface area (Å²) in [6.45, 7) is 5.42. The average Bonchev–Trinajstić information content (AvgIpc) is 3.34. The summed E-state index contributed by atoms with van der Waals surface area (Å²) in [6, 6.07) is 11.5. The molecule has 36 heavy (non-hydrogen) atoms. The Morgan fingerprint density at radius 1 is 0.889 bits per heavy atom. The van der Waals surface area contributed by atoms with Gasteiger partial charge in [0.15, 0.2) is 11.6 Å². The number of allylic oxidation sites excluding steroid dienone is 2. The summed E-state index contributed by atoms with van der Waals surface area (Å²) in [7, 11) is 4.06.